The predicted octanol–water partition coefficient (Wildman–Crippen LogP) is 3.13. The van der Waals surface area contributed by atoms with Crippen LogP contribution in [0.4, 0.5) is 0 Å². The van der Waals surface area contributed by atoms with Crippen LogP contribution in [-0.4, -0.2) is 41.9 Å². The van der Waals surface area contributed by atoms with E-state index in [-0.39, 0.29) is 5.69 Å². The molecule has 1 aromatic heterocycles. The molecule has 0 aliphatic heterocycles. The van der Waals surface area contributed by atoms with Crippen molar-refractivity contribution >= 4 is 28.7 Å². The Labute approximate surface area is 139 Å². The van der Waals surface area contributed by atoms with Crippen LogP contribution in [0, 0.1) is 0 Å². The van der Waals surface area contributed by atoms with Gasteiger partial charge in [0.1, 0.15) is 5.69 Å². The van der Waals surface area contributed by atoms with Crippen molar-refractivity contribution in [3.05, 3.63) is 71.4 Å². The summed E-state index contributed by atoms with van der Waals surface area (Å²) >= 11 is 0. The van der Waals surface area contributed by atoms with Gasteiger partial charge in [0.15, 0.2) is 0 Å². The molecule has 1 heterocycles. The molecule has 0 spiro atoms. The Balaban J connectivity index is 2.09. The molecule has 2 aromatic carbocycles. The number of ketones is 2. The molecule has 0 fully saturated rings. The second kappa shape index (κ2) is 6.50. The highest BCUT2D eigenvalue weighted by Gasteiger charge is 2.23. The molecule has 0 unspecified atom stereocenters. The summed E-state index contributed by atoms with van der Waals surface area (Å²) in [7, 11) is 3.59. The molecule has 1 N–H and O–H groups in total. The number of nitrogens with one attached hydrogen (secondary N) is 1. The van der Waals surface area contributed by atoms with Crippen LogP contribution in [0.25, 0.3) is 10.9 Å². The molecule has 3 aromatic rings. The first-order valence-electron chi connectivity index (χ1n) is 7.54. The summed E-state index contributed by atoms with van der Waals surface area (Å²) in [5, 5.41) is 6.71. The molecule has 5 nitrogen and oxygen atoms in total. The SMILES string of the molecule is CN(C)N=Cc1c(C(=O)C(=O)c2ccccc2)[nH]c2ccccc12. The van der Waals surface area contributed by atoms with Gasteiger partial charge in [-0.15, -0.1) is 0 Å². The second-order valence-electron chi connectivity index (χ2n) is 5.58. The fraction of sp³-hybridized carbons (Fsp3) is 0.105. The maximum atomic E-state index is 12.7. The van der Waals surface area contributed by atoms with E-state index in [0.29, 0.717) is 11.1 Å². The molecule has 0 saturated carbocycles. The molecule has 24 heavy (non-hydrogen) atoms. The van der Waals surface area contributed by atoms with Crippen LogP contribution in [-0.2, 0) is 0 Å². The van der Waals surface area contributed by atoms with Gasteiger partial charge in [-0.1, -0.05) is 48.5 Å². The van der Waals surface area contributed by atoms with Crippen LogP contribution < -0.4 is 0 Å². The lowest BCUT2D eigenvalue weighted by Crippen LogP contribution is -2.16. The van der Waals surface area contributed by atoms with E-state index in [1.165, 1.54) is 0 Å². The molecule has 5 heteroatoms. The number of rotatable bonds is 5. The van der Waals surface area contributed by atoms with Crippen molar-refractivity contribution in [1.29, 1.82) is 0 Å². The quantitative estimate of drug-likeness (QED) is 0.340. The van der Waals surface area contributed by atoms with Gasteiger partial charge < -0.3 is 9.99 Å². The van der Waals surface area contributed by atoms with Crippen molar-refractivity contribution < 1.29 is 9.59 Å². The minimum Gasteiger partial charge on any atom is -0.351 e. The largest absolute Gasteiger partial charge is 0.351 e. The highest BCUT2D eigenvalue weighted by atomic mass is 16.2. The van der Waals surface area contributed by atoms with Crippen molar-refractivity contribution in [2.24, 2.45) is 5.10 Å². The lowest BCUT2D eigenvalue weighted by atomic mass is 10.0. The Morgan fingerprint density at radius 2 is 1.62 bits per heavy atom. The first-order valence-corrected chi connectivity index (χ1v) is 7.54. The minimum absolute atomic E-state index is 0.260. The Bertz CT molecular complexity index is 924. The van der Waals surface area contributed by atoms with Gasteiger partial charge in [-0.05, 0) is 6.07 Å². The molecule has 3 rings (SSSR count). The van der Waals surface area contributed by atoms with E-state index in [1.807, 2.05) is 24.3 Å². The maximum Gasteiger partial charge on any atom is 0.250 e. The number of benzene rings is 2. The van der Waals surface area contributed by atoms with Crippen LogP contribution >= 0.6 is 0 Å². The first kappa shape index (κ1) is 15.7. The third-order valence-electron chi connectivity index (χ3n) is 3.63. The number of hydrogen-bond donors (Lipinski definition) is 1. The number of nitrogens with zero attached hydrogens (tertiary/aromatic N) is 2. The summed E-state index contributed by atoms with van der Waals surface area (Å²) in [6.07, 6.45) is 1.60. The zero-order valence-corrected chi connectivity index (χ0v) is 13.5. The molecule has 120 valence electrons. The second-order valence-corrected chi connectivity index (χ2v) is 5.58. The van der Waals surface area contributed by atoms with Crippen molar-refractivity contribution in [3.8, 4) is 0 Å². The van der Waals surface area contributed by atoms with Crippen LogP contribution in [0.15, 0.2) is 59.7 Å². The van der Waals surface area contributed by atoms with E-state index < -0.39 is 11.6 Å². The molecule has 0 amide bonds. The van der Waals surface area contributed by atoms with E-state index in [9.17, 15) is 9.59 Å². The number of hydrogen-bond acceptors (Lipinski definition) is 4. The van der Waals surface area contributed by atoms with Gasteiger partial charge in [-0.25, -0.2) is 0 Å². The summed E-state index contributed by atoms with van der Waals surface area (Å²) in [5.41, 5.74) is 2.04. The number of carbonyl (C=O) groups is 2. The van der Waals surface area contributed by atoms with Crippen molar-refractivity contribution in [3.63, 3.8) is 0 Å². The molecule has 0 radical (unpaired) electrons. The summed E-state index contributed by atoms with van der Waals surface area (Å²) in [4.78, 5) is 28.3. The van der Waals surface area contributed by atoms with Crippen LogP contribution in [0.2, 0.25) is 0 Å². The van der Waals surface area contributed by atoms with Crippen molar-refractivity contribution in [2.45, 2.75) is 0 Å². The molecule has 0 atom stereocenters. The number of para-hydroxylation sites is 1. The number of hydrazone groups is 1. The first-order chi connectivity index (χ1) is 11.6. The fourth-order valence-electron chi connectivity index (χ4n) is 2.48. The van der Waals surface area contributed by atoms with Gasteiger partial charge in [-0.2, -0.15) is 5.10 Å². The van der Waals surface area contributed by atoms with Crippen LogP contribution in [0.1, 0.15) is 26.4 Å². The van der Waals surface area contributed by atoms with Gasteiger partial charge in [0.2, 0.25) is 11.6 Å². The Morgan fingerprint density at radius 3 is 2.33 bits per heavy atom. The highest BCUT2D eigenvalue weighted by Crippen LogP contribution is 2.22. The monoisotopic (exact) mass is 319 g/mol. The van der Waals surface area contributed by atoms with Gasteiger partial charge in [0.25, 0.3) is 0 Å². The molecule has 0 saturated heterocycles. The number of fused-ring (bicyclic) bond motifs is 1. The van der Waals surface area contributed by atoms with Crippen molar-refractivity contribution in [2.75, 3.05) is 14.1 Å². The smallest absolute Gasteiger partial charge is 0.250 e. The molecule has 0 aliphatic carbocycles. The third-order valence-corrected chi connectivity index (χ3v) is 3.63. The fourth-order valence-corrected chi connectivity index (χ4v) is 2.48. The lowest BCUT2D eigenvalue weighted by Gasteiger charge is -2.04. The van der Waals surface area contributed by atoms with E-state index in [4.69, 9.17) is 0 Å². The average molecular weight is 319 g/mol. The third kappa shape index (κ3) is 2.96. The number of H-pyrrole nitrogens is 1. The van der Waals surface area contributed by atoms with E-state index in [1.54, 1.807) is 55.7 Å². The zero-order valence-electron chi connectivity index (χ0n) is 13.5. The summed E-state index contributed by atoms with van der Waals surface area (Å²) in [5.74, 6) is -1.11. The van der Waals surface area contributed by atoms with Gasteiger partial charge in [-0.3, -0.25) is 9.59 Å². The zero-order chi connectivity index (χ0) is 17.1. The highest BCUT2D eigenvalue weighted by molar-refractivity contribution is 6.50. The van der Waals surface area contributed by atoms with Crippen molar-refractivity contribution in [1.82, 2.24) is 9.99 Å². The predicted molar refractivity (Wildman–Crippen MR) is 94.7 cm³/mol. The van der Waals surface area contributed by atoms with E-state index in [2.05, 4.69) is 10.1 Å². The van der Waals surface area contributed by atoms with Crippen LogP contribution in [0.5, 0.6) is 0 Å². The number of carbonyl (C=O) groups excluding carboxylic acids is 2. The molecule has 0 aliphatic rings. The standard InChI is InChI=1S/C19H17N3O2/c1-22(2)20-12-15-14-10-6-7-11-16(14)21-17(15)19(24)18(23)13-8-4-3-5-9-13/h3-12,21H,1-2H3. The Morgan fingerprint density at radius 1 is 0.958 bits per heavy atom. The average Bonchev–Trinajstić information content (AvgIpc) is 2.98. The van der Waals surface area contributed by atoms with Gasteiger partial charge in [0, 0.05) is 36.1 Å². The summed E-state index contributed by atoms with van der Waals surface area (Å²) in [6.45, 7) is 0. The maximum absolute atomic E-state index is 12.7. The normalized spacial score (nSPS) is 11.1. The summed E-state index contributed by atoms with van der Waals surface area (Å²) < 4.78 is 0. The topological polar surface area (TPSA) is 65.5 Å². The minimum atomic E-state index is -0.572. The van der Waals surface area contributed by atoms with Gasteiger partial charge >= 0.3 is 0 Å². The number of aromatic amines is 1. The molecular formula is C19H17N3O2. The lowest BCUT2D eigenvalue weighted by molar-refractivity contribution is 0.0814. The Hall–Kier alpha value is -3.21. The van der Waals surface area contributed by atoms with E-state index in [0.717, 1.165) is 10.9 Å². The Kier molecular flexibility index (Phi) is 4.24. The van der Waals surface area contributed by atoms with E-state index >= 15 is 0 Å². The number of Topliss-reactive ketones (excluding diaryl/α,β-unsaturated/α-hetero) is 2. The number of aromatic nitrogens is 1. The molecular weight excluding hydrogens is 302 g/mol. The van der Waals surface area contributed by atoms with Gasteiger partial charge in [0.05, 0.1) is 6.21 Å². The molecule has 0 bridgehead atoms. The summed E-state index contributed by atoms with van der Waals surface area (Å²) in [6, 6.07) is 16.1. The van der Waals surface area contributed by atoms with Crippen LogP contribution in [0.3, 0.4) is 0 Å².